The molecule has 0 saturated carbocycles. The Bertz CT molecular complexity index is 637. The largest absolute Gasteiger partial charge is 0.411 e. The molecule has 20 heavy (non-hydrogen) atoms. The Morgan fingerprint density at radius 3 is 2.80 bits per heavy atom. The van der Waals surface area contributed by atoms with Gasteiger partial charge in [-0.3, -0.25) is 14.9 Å². The molecule has 0 fully saturated rings. The highest BCUT2D eigenvalue weighted by molar-refractivity contribution is 9.11. The van der Waals surface area contributed by atoms with E-state index in [0.717, 1.165) is 6.42 Å². The molecule has 1 aliphatic carbocycles. The molecule has 0 aromatic heterocycles. The average Bonchev–Trinajstić information content (AvgIpc) is 2.46. The summed E-state index contributed by atoms with van der Waals surface area (Å²) in [5, 5.41) is 22.9. The minimum Gasteiger partial charge on any atom is -0.411 e. The van der Waals surface area contributed by atoms with Crippen LogP contribution in [0.1, 0.15) is 29.6 Å². The second-order valence-electron chi connectivity index (χ2n) is 4.32. The van der Waals surface area contributed by atoms with E-state index in [9.17, 15) is 14.9 Å². The Hall–Kier alpha value is -2.02. The molecule has 0 bridgehead atoms. The van der Waals surface area contributed by atoms with Gasteiger partial charge in [-0.25, -0.2) is 0 Å². The minimum absolute atomic E-state index is 0.147. The predicted molar refractivity (Wildman–Crippen MR) is 76.5 cm³/mol. The quantitative estimate of drug-likeness (QED) is 0.395. The van der Waals surface area contributed by atoms with Crippen LogP contribution in [0.2, 0.25) is 0 Å². The summed E-state index contributed by atoms with van der Waals surface area (Å²) in [6, 6.07) is 5.51. The highest BCUT2D eigenvalue weighted by Gasteiger charge is 2.26. The van der Waals surface area contributed by atoms with Crippen molar-refractivity contribution in [2.24, 2.45) is 5.16 Å². The first kappa shape index (κ1) is 14.4. The summed E-state index contributed by atoms with van der Waals surface area (Å²) >= 11 is 3.31. The van der Waals surface area contributed by atoms with E-state index < -0.39 is 4.92 Å². The van der Waals surface area contributed by atoms with Gasteiger partial charge in [-0.1, -0.05) is 33.2 Å². The Morgan fingerprint density at radius 2 is 2.15 bits per heavy atom. The fraction of sp³-hybridized carbons (Fsp3) is 0.231. The molecule has 6 nitrogen and oxygen atoms in total. The Morgan fingerprint density at radius 1 is 1.40 bits per heavy atom. The number of oxime groups is 1. The van der Waals surface area contributed by atoms with E-state index in [2.05, 4.69) is 21.1 Å². The molecule has 0 spiro atoms. The van der Waals surface area contributed by atoms with Crippen LogP contribution in [0.15, 0.2) is 39.5 Å². The number of Topliss-reactive ketones (excluding diaryl/α,β-unsaturated/α-hetero) is 1. The molecule has 1 aromatic carbocycles. The second kappa shape index (κ2) is 5.96. The number of carbonyl (C=O) groups is 1. The molecule has 2 rings (SSSR count). The summed E-state index contributed by atoms with van der Waals surface area (Å²) in [7, 11) is 0. The number of nitrogens with zero attached hydrogens (tertiary/aromatic N) is 2. The number of nitro benzene ring substituents is 1. The molecule has 0 aliphatic heterocycles. The van der Waals surface area contributed by atoms with Gasteiger partial charge in [0.1, 0.15) is 0 Å². The van der Waals surface area contributed by atoms with Gasteiger partial charge in [0.2, 0.25) is 0 Å². The van der Waals surface area contributed by atoms with Crippen LogP contribution in [0.5, 0.6) is 0 Å². The van der Waals surface area contributed by atoms with E-state index >= 15 is 0 Å². The van der Waals surface area contributed by atoms with Gasteiger partial charge in [-0.05, 0) is 19.3 Å². The number of rotatable bonds is 3. The number of hydrogen-bond acceptors (Lipinski definition) is 5. The van der Waals surface area contributed by atoms with Crippen molar-refractivity contribution in [3.8, 4) is 0 Å². The standard InChI is InChI=1S/C13H11BrN2O4/c14-10-5-2-6-11(15-18)12(10)13(17)8-3-1-4-9(7-8)16(19)20/h1,3-4,7,18H,2,5-6H2/b15-11-. The van der Waals surface area contributed by atoms with Crippen LogP contribution in [-0.2, 0) is 0 Å². The summed E-state index contributed by atoms with van der Waals surface area (Å²) in [6.45, 7) is 0. The van der Waals surface area contributed by atoms with E-state index in [1.807, 2.05) is 0 Å². The maximum Gasteiger partial charge on any atom is 0.270 e. The number of carbonyl (C=O) groups excluding carboxylic acids is 1. The van der Waals surface area contributed by atoms with Crippen molar-refractivity contribution in [3.63, 3.8) is 0 Å². The molecular weight excluding hydrogens is 328 g/mol. The van der Waals surface area contributed by atoms with Crippen molar-refractivity contribution in [1.29, 1.82) is 0 Å². The van der Waals surface area contributed by atoms with Crippen molar-refractivity contribution >= 4 is 33.1 Å². The van der Waals surface area contributed by atoms with Crippen molar-refractivity contribution in [3.05, 3.63) is 50.0 Å². The normalized spacial score (nSPS) is 17.4. The number of allylic oxidation sites excluding steroid dienone is 2. The third-order valence-corrected chi connectivity index (χ3v) is 3.83. The highest BCUT2D eigenvalue weighted by Crippen LogP contribution is 2.30. The number of non-ortho nitro benzene ring substituents is 1. The van der Waals surface area contributed by atoms with Crippen LogP contribution in [0, 0.1) is 10.1 Å². The van der Waals surface area contributed by atoms with Gasteiger partial charge in [0.15, 0.2) is 5.78 Å². The smallest absolute Gasteiger partial charge is 0.270 e. The highest BCUT2D eigenvalue weighted by atomic mass is 79.9. The molecule has 1 N–H and O–H groups in total. The lowest BCUT2D eigenvalue weighted by Gasteiger charge is -2.16. The zero-order valence-electron chi connectivity index (χ0n) is 10.4. The molecule has 0 amide bonds. The molecule has 104 valence electrons. The zero-order valence-corrected chi connectivity index (χ0v) is 12.0. The fourth-order valence-corrected chi connectivity index (χ4v) is 2.77. The Labute approximate surface area is 123 Å². The summed E-state index contributed by atoms with van der Waals surface area (Å²) in [6.07, 6.45) is 1.96. The van der Waals surface area contributed by atoms with E-state index in [0.29, 0.717) is 28.6 Å². The summed E-state index contributed by atoms with van der Waals surface area (Å²) < 4.78 is 0.660. The van der Waals surface area contributed by atoms with Crippen molar-refractivity contribution in [1.82, 2.24) is 0 Å². The third-order valence-electron chi connectivity index (χ3n) is 3.04. The van der Waals surface area contributed by atoms with Gasteiger partial charge in [-0.2, -0.15) is 0 Å². The lowest BCUT2D eigenvalue weighted by atomic mass is 9.91. The van der Waals surface area contributed by atoms with Gasteiger partial charge in [0.05, 0.1) is 16.2 Å². The molecular formula is C13H11BrN2O4. The first-order valence-electron chi connectivity index (χ1n) is 5.93. The molecule has 0 unspecified atom stereocenters. The van der Waals surface area contributed by atoms with Gasteiger partial charge < -0.3 is 5.21 Å². The van der Waals surface area contributed by atoms with Crippen molar-refractivity contribution in [2.75, 3.05) is 0 Å². The Kier molecular flexibility index (Phi) is 4.29. The van der Waals surface area contributed by atoms with E-state index in [1.165, 1.54) is 24.3 Å². The minimum atomic E-state index is -0.553. The fourth-order valence-electron chi connectivity index (χ4n) is 2.08. The van der Waals surface area contributed by atoms with E-state index in [-0.39, 0.29) is 17.0 Å². The predicted octanol–water partition coefficient (Wildman–Crippen LogP) is 3.44. The van der Waals surface area contributed by atoms with Crippen LogP contribution >= 0.6 is 15.9 Å². The number of hydrogen-bond donors (Lipinski definition) is 1. The number of nitro groups is 1. The number of benzene rings is 1. The van der Waals surface area contributed by atoms with Gasteiger partial charge in [0, 0.05) is 22.2 Å². The summed E-state index contributed by atoms with van der Waals surface area (Å²) in [5.41, 5.74) is 0.652. The van der Waals surface area contributed by atoms with E-state index in [4.69, 9.17) is 5.21 Å². The van der Waals surface area contributed by atoms with Gasteiger partial charge in [-0.15, -0.1) is 0 Å². The van der Waals surface area contributed by atoms with Crippen molar-refractivity contribution in [2.45, 2.75) is 19.3 Å². The second-order valence-corrected chi connectivity index (χ2v) is 5.27. The van der Waals surface area contributed by atoms with Crippen LogP contribution in [0.25, 0.3) is 0 Å². The van der Waals surface area contributed by atoms with Crippen LogP contribution in [0.3, 0.4) is 0 Å². The first-order valence-corrected chi connectivity index (χ1v) is 6.73. The van der Waals surface area contributed by atoms with Crippen LogP contribution < -0.4 is 0 Å². The third kappa shape index (κ3) is 2.77. The lowest BCUT2D eigenvalue weighted by molar-refractivity contribution is -0.384. The van der Waals surface area contributed by atoms with Gasteiger partial charge in [0.25, 0.3) is 5.69 Å². The molecule has 0 atom stereocenters. The molecule has 0 heterocycles. The maximum atomic E-state index is 12.5. The SMILES string of the molecule is O=C(C1=C(Br)CCC/C1=N/O)c1cccc([N+](=O)[O-])c1. The summed E-state index contributed by atoms with van der Waals surface area (Å²) in [5.74, 6) is -0.381. The molecule has 0 radical (unpaired) electrons. The number of halogens is 1. The van der Waals surface area contributed by atoms with Crippen molar-refractivity contribution < 1.29 is 14.9 Å². The van der Waals surface area contributed by atoms with E-state index in [1.54, 1.807) is 0 Å². The Balaban J connectivity index is 2.45. The van der Waals surface area contributed by atoms with Crippen LogP contribution in [0.4, 0.5) is 5.69 Å². The van der Waals surface area contributed by atoms with Crippen LogP contribution in [-0.4, -0.2) is 21.6 Å². The first-order chi connectivity index (χ1) is 9.54. The zero-order chi connectivity index (χ0) is 14.7. The number of ketones is 1. The maximum absolute atomic E-state index is 12.5. The topological polar surface area (TPSA) is 92.8 Å². The monoisotopic (exact) mass is 338 g/mol. The lowest BCUT2D eigenvalue weighted by Crippen LogP contribution is -2.18. The van der Waals surface area contributed by atoms with Gasteiger partial charge >= 0.3 is 0 Å². The molecule has 1 aromatic rings. The average molecular weight is 339 g/mol. The molecule has 7 heteroatoms. The molecule has 0 saturated heterocycles. The molecule has 1 aliphatic rings. The summed E-state index contributed by atoms with van der Waals surface area (Å²) in [4.78, 5) is 22.6.